The van der Waals surface area contributed by atoms with E-state index in [-0.39, 0.29) is 11.8 Å². The van der Waals surface area contributed by atoms with Gasteiger partial charge in [-0.3, -0.25) is 9.59 Å². The number of halogens is 1. The number of fused-ring (bicyclic) bond motifs is 1. The van der Waals surface area contributed by atoms with E-state index in [1.165, 1.54) is 12.8 Å². The summed E-state index contributed by atoms with van der Waals surface area (Å²) in [5.74, 6) is 1.50. The van der Waals surface area contributed by atoms with Crippen molar-refractivity contribution >= 4 is 29.1 Å². The first-order chi connectivity index (χ1) is 15.1. The van der Waals surface area contributed by atoms with Crippen LogP contribution in [0.1, 0.15) is 52.0 Å². The van der Waals surface area contributed by atoms with Crippen LogP contribution in [0.5, 0.6) is 0 Å². The van der Waals surface area contributed by atoms with Crippen LogP contribution in [0.3, 0.4) is 0 Å². The zero-order valence-corrected chi connectivity index (χ0v) is 18.4. The summed E-state index contributed by atoms with van der Waals surface area (Å²) in [7, 11) is 0. The Labute approximate surface area is 188 Å². The van der Waals surface area contributed by atoms with Gasteiger partial charge in [0.1, 0.15) is 0 Å². The molecule has 0 radical (unpaired) electrons. The molecule has 5 nitrogen and oxygen atoms in total. The van der Waals surface area contributed by atoms with Crippen molar-refractivity contribution in [2.75, 3.05) is 31.1 Å². The molecule has 5 rings (SSSR count). The molecule has 2 fully saturated rings. The molecule has 0 aromatic heterocycles. The summed E-state index contributed by atoms with van der Waals surface area (Å²) in [5, 5.41) is 3.92. The summed E-state index contributed by atoms with van der Waals surface area (Å²) in [5.41, 5.74) is 2.88. The van der Waals surface area contributed by atoms with Gasteiger partial charge in [-0.05, 0) is 80.4 Å². The van der Waals surface area contributed by atoms with Gasteiger partial charge in [0.2, 0.25) is 0 Å². The van der Waals surface area contributed by atoms with E-state index in [1.54, 1.807) is 11.0 Å². The zero-order chi connectivity index (χ0) is 21.4. The van der Waals surface area contributed by atoms with Gasteiger partial charge in [-0.2, -0.15) is 0 Å². The molecule has 2 saturated heterocycles. The molecule has 2 aromatic carbocycles. The Morgan fingerprint density at radius 2 is 1.68 bits per heavy atom. The number of carbonyl (C=O) groups is 2. The van der Waals surface area contributed by atoms with Crippen molar-refractivity contribution in [1.82, 2.24) is 10.2 Å². The van der Waals surface area contributed by atoms with Crippen molar-refractivity contribution in [1.29, 1.82) is 0 Å². The number of hydrogen-bond acceptors (Lipinski definition) is 3. The molecule has 3 heterocycles. The van der Waals surface area contributed by atoms with E-state index in [9.17, 15) is 9.59 Å². The van der Waals surface area contributed by atoms with E-state index >= 15 is 0 Å². The Morgan fingerprint density at radius 1 is 0.968 bits per heavy atom. The standard InChI is InChI=1S/C25H28ClN3O2/c26-22-6-2-4-20-16-29(25(31)23(20)22)21-5-1-3-19(15-21)24(30)28-13-9-18(10-14-28)17-7-11-27-12-8-17/h1-6,15,17-18,27H,7-14,16H2. The van der Waals surface area contributed by atoms with Gasteiger partial charge in [0.15, 0.2) is 0 Å². The molecule has 0 unspecified atom stereocenters. The monoisotopic (exact) mass is 437 g/mol. The maximum Gasteiger partial charge on any atom is 0.260 e. The normalized spacial score (nSPS) is 20.2. The van der Waals surface area contributed by atoms with Gasteiger partial charge in [0.25, 0.3) is 11.8 Å². The Balaban J connectivity index is 1.27. The second kappa shape index (κ2) is 8.64. The van der Waals surface area contributed by atoms with Crippen LogP contribution >= 0.6 is 11.6 Å². The molecule has 2 amide bonds. The fraction of sp³-hybridized carbons (Fsp3) is 0.440. The van der Waals surface area contributed by atoms with Crippen molar-refractivity contribution in [3.05, 3.63) is 64.2 Å². The molecular formula is C25H28ClN3O2. The summed E-state index contributed by atoms with van der Waals surface area (Å²) < 4.78 is 0. The average molecular weight is 438 g/mol. The fourth-order valence-electron chi connectivity index (χ4n) is 5.40. The maximum atomic E-state index is 13.2. The van der Waals surface area contributed by atoms with Gasteiger partial charge in [0, 0.05) is 24.3 Å². The average Bonchev–Trinajstić information content (AvgIpc) is 3.17. The van der Waals surface area contributed by atoms with E-state index in [0.29, 0.717) is 22.7 Å². The number of nitrogens with one attached hydrogen (secondary N) is 1. The summed E-state index contributed by atoms with van der Waals surface area (Å²) in [4.78, 5) is 29.8. The highest BCUT2D eigenvalue weighted by Crippen LogP contribution is 2.34. The smallest absolute Gasteiger partial charge is 0.260 e. The number of likely N-dealkylation sites (tertiary alicyclic amines) is 1. The van der Waals surface area contributed by atoms with Gasteiger partial charge in [-0.1, -0.05) is 29.8 Å². The maximum absolute atomic E-state index is 13.2. The third-order valence-corrected chi connectivity index (χ3v) is 7.48. The zero-order valence-electron chi connectivity index (χ0n) is 17.6. The predicted molar refractivity (Wildman–Crippen MR) is 123 cm³/mol. The topological polar surface area (TPSA) is 52.7 Å². The fourth-order valence-corrected chi connectivity index (χ4v) is 5.68. The van der Waals surface area contributed by atoms with Crippen molar-refractivity contribution in [3.63, 3.8) is 0 Å². The van der Waals surface area contributed by atoms with Crippen LogP contribution in [-0.2, 0) is 6.54 Å². The lowest BCUT2D eigenvalue weighted by Gasteiger charge is -2.37. The number of amides is 2. The summed E-state index contributed by atoms with van der Waals surface area (Å²) in [6.45, 7) is 4.37. The third-order valence-electron chi connectivity index (χ3n) is 7.17. The molecule has 1 N–H and O–H groups in total. The Morgan fingerprint density at radius 3 is 2.42 bits per heavy atom. The van der Waals surface area contributed by atoms with Gasteiger partial charge in [0.05, 0.1) is 17.1 Å². The van der Waals surface area contributed by atoms with Gasteiger partial charge < -0.3 is 15.1 Å². The third kappa shape index (κ3) is 3.97. The SMILES string of the molecule is O=C(c1cccc(N2Cc3cccc(Cl)c3C2=O)c1)N1CCC(C2CCNCC2)CC1. The lowest BCUT2D eigenvalue weighted by Crippen LogP contribution is -2.42. The number of nitrogens with zero attached hydrogens (tertiary/aromatic N) is 2. The van der Waals surface area contributed by atoms with Crippen molar-refractivity contribution in [2.45, 2.75) is 32.2 Å². The Bertz CT molecular complexity index is 994. The number of rotatable bonds is 3. The van der Waals surface area contributed by atoms with E-state index in [0.717, 1.165) is 62.1 Å². The Kier molecular flexibility index (Phi) is 5.72. The molecular weight excluding hydrogens is 410 g/mol. The largest absolute Gasteiger partial charge is 0.339 e. The van der Waals surface area contributed by atoms with Crippen molar-refractivity contribution in [2.24, 2.45) is 11.8 Å². The second-order valence-electron chi connectivity index (χ2n) is 8.93. The second-order valence-corrected chi connectivity index (χ2v) is 9.34. The minimum atomic E-state index is -0.104. The molecule has 0 spiro atoms. The van der Waals surface area contributed by atoms with Crippen molar-refractivity contribution in [3.8, 4) is 0 Å². The van der Waals surface area contributed by atoms with Crippen molar-refractivity contribution < 1.29 is 9.59 Å². The molecule has 2 aromatic rings. The number of anilines is 1. The Hall–Kier alpha value is -2.37. The minimum Gasteiger partial charge on any atom is -0.339 e. The highest BCUT2D eigenvalue weighted by molar-refractivity contribution is 6.35. The first kappa shape index (κ1) is 20.5. The molecule has 6 heteroatoms. The minimum absolute atomic E-state index is 0.0628. The van der Waals surface area contributed by atoms with Gasteiger partial charge >= 0.3 is 0 Å². The molecule has 31 heavy (non-hydrogen) atoms. The molecule has 0 atom stereocenters. The molecule has 3 aliphatic heterocycles. The highest BCUT2D eigenvalue weighted by atomic mass is 35.5. The van der Waals surface area contributed by atoms with Crippen LogP contribution in [0.4, 0.5) is 5.69 Å². The summed E-state index contributed by atoms with van der Waals surface area (Å²) in [6.07, 6.45) is 4.71. The number of hydrogen-bond donors (Lipinski definition) is 1. The number of benzene rings is 2. The molecule has 3 aliphatic rings. The lowest BCUT2D eigenvalue weighted by molar-refractivity contribution is 0.0642. The van der Waals surface area contributed by atoms with E-state index < -0.39 is 0 Å². The molecule has 0 saturated carbocycles. The number of piperidine rings is 2. The predicted octanol–water partition coefficient (Wildman–Crippen LogP) is 4.35. The van der Waals surface area contributed by atoms with Gasteiger partial charge in [-0.25, -0.2) is 0 Å². The van der Waals surface area contributed by atoms with E-state index in [4.69, 9.17) is 11.6 Å². The summed E-state index contributed by atoms with van der Waals surface area (Å²) in [6, 6.07) is 13.0. The lowest BCUT2D eigenvalue weighted by atomic mass is 9.79. The van der Waals surface area contributed by atoms with Crippen LogP contribution in [0.15, 0.2) is 42.5 Å². The van der Waals surface area contributed by atoms with E-state index in [2.05, 4.69) is 5.32 Å². The van der Waals surface area contributed by atoms with E-state index in [1.807, 2.05) is 41.3 Å². The van der Waals surface area contributed by atoms with Crippen LogP contribution in [0.2, 0.25) is 5.02 Å². The molecule has 0 aliphatic carbocycles. The molecule has 0 bridgehead atoms. The number of carbonyl (C=O) groups excluding carboxylic acids is 2. The first-order valence-electron chi connectivity index (χ1n) is 11.3. The van der Waals surface area contributed by atoms with Crippen LogP contribution in [-0.4, -0.2) is 42.9 Å². The van der Waals surface area contributed by atoms with Crippen LogP contribution in [0, 0.1) is 11.8 Å². The highest BCUT2D eigenvalue weighted by Gasteiger charge is 2.32. The summed E-state index contributed by atoms with van der Waals surface area (Å²) >= 11 is 6.26. The van der Waals surface area contributed by atoms with Gasteiger partial charge in [-0.15, -0.1) is 0 Å². The first-order valence-corrected chi connectivity index (χ1v) is 11.7. The van der Waals surface area contributed by atoms with Crippen LogP contribution in [0.25, 0.3) is 0 Å². The quantitative estimate of drug-likeness (QED) is 0.776. The van der Waals surface area contributed by atoms with Crippen LogP contribution < -0.4 is 10.2 Å². The molecule has 162 valence electrons.